The van der Waals surface area contributed by atoms with Gasteiger partial charge in [-0.15, -0.1) is 0 Å². The number of hydrogen-bond donors (Lipinski definition) is 1. The van der Waals surface area contributed by atoms with E-state index in [1.54, 1.807) is 36.0 Å². The van der Waals surface area contributed by atoms with Gasteiger partial charge >= 0.3 is 6.03 Å². The zero-order valence-electron chi connectivity index (χ0n) is 15.1. The van der Waals surface area contributed by atoms with E-state index in [1.165, 1.54) is 0 Å². The molecule has 1 aromatic carbocycles. The van der Waals surface area contributed by atoms with Gasteiger partial charge < -0.3 is 19.9 Å². The molecule has 1 aliphatic heterocycles. The Hall–Kier alpha value is -2.24. The van der Waals surface area contributed by atoms with Crippen molar-refractivity contribution >= 4 is 11.9 Å². The predicted molar refractivity (Wildman–Crippen MR) is 93.3 cm³/mol. The molecule has 0 aromatic heterocycles. The van der Waals surface area contributed by atoms with E-state index in [9.17, 15) is 9.59 Å². The second kappa shape index (κ2) is 7.55. The van der Waals surface area contributed by atoms with E-state index in [2.05, 4.69) is 5.32 Å². The number of fused-ring (bicyclic) bond motifs is 1. The van der Waals surface area contributed by atoms with Gasteiger partial charge in [0.15, 0.2) is 0 Å². The standard InChI is InChI=1S/C18H27N3O3/c1-12(2)19-18(23)21(5)11-16-13(3)10-20(4)17(22)14-8-6-7-9-15(14)24-16/h6-9,12-13,16H,10-11H2,1-5H3,(H,19,23)/t13-,16+/m0/s1. The molecule has 0 radical (unpaired) electrons. The van der Waals surface area contributed by atoms with Crippen LogP contribution in [0, 0.1) is 5.92 Å². The Morgan fingerprint density at radius 2 is 2.08 bits per heavy atom. The largest absolute Gasteiger partial charge is 0.487 e. The van der Waals surface area contributed by atoms with Gasteiger partial charge in [0.1, 0.15) is 11.9 Å². The van der Waals surface area contributed by atoms with Crippen LogP contribution in [0.25, 0.3) is 0 Å². The van der Waals surface area contributed by atoms with Crippen LogP contribution in [0.1, 0.15) is 31.1 Å². The lowest BCUT2D eigenvalue weighted by atomic mass is 10.0. The lowest BCUT2D eigenvalue weighted by Gasteiger charge is -2.34. The Bertz CT molecular complexity index is 603. The van der Waals surface area contributed by atoms with Crippen molar-refractivity contribution in [2.75, 3.05) is 27.2 Å². The van der Waals surface area contributed by atoms with Crippen molar-refractivity contribution in [3.8, 4) is 5.75 Å². The summed E-state index contributed by atoms with van der Waals surface area (Å²) in [5.41, 5.74) is 0.561. The maximum absolute atomic E-state index is 12.5. The van der Waals surface area contributed by atoms with E-state index in [0.29, 0.717) is 24.4 Å². The summed E-state index contributed by atoms with van der Waals surface area (Å²) in [5.74, 6) is 0.631. The predicted octanol–water partition coefficient (Wildman–Crippen LogP) is 2.21. The molecular weight excluding hydrogens is 306 g/mol. The average Bonchev–Trinajstić information content (AvgIpc) is 2.52. The molecule has 0 unspecified atom stereocenters. The number of hydrogen-bond acceptors (Lipinski definition) is 3. The highest BCUT2D eigenvalue weighted by atomic mass is 16.5. The summed E-state index contributed by atoms with van der Waals surface area (Å²) in [4.78, 5) is 28.0. The molecule has 24 heavy (non-hydrogen) atoms. The smallest absolute Gasteiger partial charge is 0.317 e. The third-order valence-electron chi connectivity index (χ3n) is 4.15. The molecule has 1 N–H and O–H groups in total. The molecule has 0 spiro atoms. The van der Waals surface area contributed by atoms with Crippen LogP contribution in [0.4, 0.5) is 4.79 Å². The van der Waals surface area contributed by atoms with Gasteiger partial charge in [-0.3, -0.25) is 4.79 Å². The van der Waals surface area contributed by atoms with Crippen LogP contribution in [0.3, 0.4) is 0 Å². The molecule has 0 saturated heterocycles. The minimum atomic E-state index is -0.190. The zero-order valence-corrected chi connectivity index (χ0v) is 15.1. The fourth-order valence-electron chi connectivity index (χ4n) is 2.79. The first-order valence-corrected chi connectivity index (χ1v) is 8.32. The molecule has 0 saturated carbocycles. The minimum absolute atomic E-state index is 0.0400. The summed E-state index contributed by atoms with van der Waals surface area (Å²) in [5, 5.41) is 2.88. The van der Waals surface area contributed by atoms with Gasteiger partial charge in [0.05, 0.1) is 12.1 Å². The maximum atomic E-state index is 12.5. The molecule has 3 amide bonds. The second-order valence-electron chi connectivity index (χ2n) is 6.80. The maximum Gasteiger partial charge on any atom is 0.317 e. The number of likely N-dealkylation sites (N-methyl/N-ethyl adjacent to an activating group) is 1. The molecule has 0 fully saturated rings. The normalized spacial score (nSPS) is 20.8. The highest BCUT2D eigenvalue weighted by Gasteiger charge is 2.30. The number of amides is 3. The van der Waals surface area contributed by atoms with Crippen LogP contribution in [0.2, 0.25) is 0 Å². The van der Waals surface area contributed by atoms with Crippen molar-refractivity contribution in [3.63, 3.8) is 0 Å². The molecule has 6 heteroatoms. The summed E-state index contributed by atoms with van der Waals surface area (Å²) < 4.78 is 6.12. The first-order chi connectivity index (χ1) is 11.3. The monoisotopic (exact) mass is 333 g/mol. The van der Waals surface area contributed by atoms with Crippen LogP contribution in [-0.4, -0.2) is 61.1 Å². The molecule has 2 atom stereocenters. The molecule has 2 rings (SSSR count). The number of nitrogens with zero attached hydrogens (tertiary/aromatic N) is 2. The van der Waals surface area contributed by atoms with Gasteiger partial charge in [-0.2, -0.15) is 0 Å². The summed E-state index contributed by atoms with van der Waals surface area (Å²) in [6.07, 6.45) is -0.190. The molecule has 1 heterocycles. The Morgan fingerprint density at radius 3 is 2.75 bits per heavy atom. The van der Waals surface area contributed by atoms with E-state index < -0.39 is 0 Å². The zero-order chi connectivity index (χ0) is 17.9. The summed E-state index contributed by atoms with van der Waals surface area (Å²) >= 11 is 0. The van der Waals surface area contributed by atoms with Gasteiger partial charge in [0.2, 0.25) is 0 Å². The average molecular weight is 333 g/mol. The SMILES string of the molecule is CC(C)NC(=O)N(C)C[C@H]1Oc2ccccc2C(=O)N(C)C[C@@H]1C. The number of para-hydroxylation sites is 1. The molecule has 132 valence electrons. The van der Waals surface area contributed by atoms with Crippen LogP contribution in [-0.2, 0) is 0 Å². The summed E-state index contributed by atoms with van der Waals surface area (Å²) in [6, 6.07) is 7.22. The number of carbonyl (C=O) groups is 2. The third kappa shape index (κ3) is 4.19. The van der Waals surface area contributed by atoms with Crippen LogP contribution < -0.4 is 10.1 Å². The van der Waals surface area contributed by atoms with Gasteiger partial charge in [0, 0.05) is 32.6 Å². The van der Waals surface area contributed by atoms with Gasteiger partial charge in [-0.05, 0) is 26.0 Å². The first-order valence-electron chi connectivity index (χ1n) is 8.32. The fourth-order valence-corrected chi connectivity index (χ4v) is 2.79. The molecule has 1 aliphatic rings. The Balaban J connectivity index is 2.19. The number of nitrogens with one attached hydrogen (secondary N) is 1. The molecular formula is C18H27N3O3. The minimum Gasteiger partial charge on any atom is -0.487 e. The van der Waals surface area contributed by atoms with Gasteiger partial charge in [0.25, 0.3) is 5.91 Å². The van der Waals surface area contributed by atoms with Crippen LogP contribution in [0.5, 0.6) is 5.75 Å². The molecule has 0 bridgehead atoms. The second-order valence-corrected chi connectivity index (χ2v) is 6.80. The summed E-state index contributed by atoms with van der Waals surface area (Å²) in [6.45, 7) is 6.93. The van der Waals surface area contributed by atoms with E-state index in [-0.39, 0.29) is 30.0 Å². The number of rotatable bonds is 3. The van der Waals surface area contributed by atoms with Gasteiger partial charge in [-0.25, -0.2) is 4.79 Å². The van der Waals surface area contributed by atoms with E-state index in [1.807, 2.05) is 32.9 Å². The van der Waals surface area contributed by atoms with E-state index in [0.717, 1.165) is 0 Å². The number of carbonyl (C=O) groups excluding carboxylic acids is 2. The molecule has 6 nitrogen and oxygen atoms in total. The number of benzene rings is 1. The van der Waals surface area contributed by atoms with E-state index >= 15 is 0 Å². The lowest BCUT2D eigenvalue weighted by molar-refractivity contribution is 0.0577. The van der Waals surface area contributed by atoms with Crippen molar-refractivity contribution in [1.29, 1.82) is 0 Å². The topological polar surface area (TPSA) is 61.9 Å². The lowest BCUT2D eigenvalue weighted by Crippen LogP contribution is -2.49. The van der Waals surface area contributed by atoms with Crippen LogP contribution in [0.15, 0.2) is 24.3 Å². The Labute approximate surface area is 143 Å². The molecule has 0 aliphatic carbocycles. The van der Waals surface area contributed by atoms with Crippen molar-refractivity contribution < 1.29 is 14.3 Å². The fraction of sp³-hybridized carbons (Fsp3) is 0.556. The quantitative estimate of drug-likeness (QED) is 0.922. The first kappa shape index (κ1) is 18.1. The third-order valence-corrected chi connectivity index (χ3v) is 4.15. The number of ether oxygens (including phenoxy) is 1. The van der Waals surface area contributed by atoms with Crippen molar-refractivity contribution in [3.05, 3.63) is 29.8 Å². The van der Waals surface area contributed by atoms with Crippen molar-refractivity contribution in [1.82, 2.24) is 15.1 Å². The van der Waals surface area contributed by atoms with Gasteiger partial charge in [-0.1, -0.05) is 19.1 Å². The highest BCUT2D eigenvalue weighted by molar-refractivity contribution is 5.96. The molecule has 1 aromatic rings. The van der Waals surface area contributed by atoms with Crippen molar-refractivity contribution in [2.24, 2.45) is 5.92 Å². The number of urea groups is 1. The Morgan fingerprint density at radius 1 is 1.42 bits per heavy atom. The van der Waals surface area contributed by atoms with E-state index in [4.69, 9.17) is 4.74 Å². The highest BCUT2D eigenvalue weighted by Crippen LogP contribution is 2.26. The Kier molecular flexibility index (Phi) is 5.70. The van der Waals surface area contributed by atoms with Crippen LogP contribution >= 0.6 is 0 Å². The summed E-state index contributed by atoms with van der Waals surface area (Å²) in [7, 11) is 3.56. The van der Waals surface area contributed by atoms with Crippen molar-refractivity contribution in [2.45, 2.75) is 32.9 Å².